The minimum absolute atomic E-state index is 0.103. The van der Waals surface area contributed by atoms with Crippen LogP contribution in [0.2, 0.25) is 0 Å². The number of aromatic hydroxyl groups is 1. The second kappa shape index (κ2) is 13.7. The first-order chi connectivity index (χ1) is 21.4. The number of halogens is 1. The Labute approximate surface area is 261 Å². The Bertz CT molecular complexity index is 1520. The summed E-state index contributed by atoms with van der Waals surface area (Å²) in [6.45, 7) is -0.117. The lowest BCUT2D eigenvalue weighted by atomic mass is 9.92. The van der Waals surface area contributed by atoms with Gasteiger partial charge in [0.2, 0.25) is 0 Å². The van der Waals surface area contributed by atoms with Crippen molar-refractivity contribution in [3.8, 4) is 16.9 Å². The first kappa shape index (κ1) is 30.6. The van der Waals surface area contributed by atoms with Gasteiger partial charge in [-0.1, -0.05) is 66.7 Å². The van der Waals surface area contributed by atoms with Crippen molar-refractivity contribution in [2.45, 2.75) is 61.4 Å². The van der Waals surface area contributed by atoms with E-state index in [1.165, 1.54) is 12.1 Å². The summed E-state index contributed by atoms with van der Waals surface area (Å²) in [5.74, 6) is 0.646. The third kappa shape index (κ3) is 6.80. The van der Waals surface area contributed by atoms with E-state index in [0.717, 1.165) is 40.2 Å². The first-order valence-corrected chi connectivity index (χ1v) is 16.2. The lowest BCUT2D eigenvalue weighted by Gasteiger charge is -2.32. The summed E-state index contributed by atoms with van der Waals surface area (Å²) in [5, 5.41) is 42.1. The second-order valence-corrected chi connectivity index (χ2v) is 12.9. The van der Waals surface area contributed by atoms with Gasteiger partial charge < -0.3 is 30.1 Å². The molecule has 0 bridgehead atoms. The Morgan fingerprint density at radius 2 is 1.64 bits per heavy atom. The number of para-hydroxylation sites is 1. The molecule has 2 heterocycles. The molecule has 2 saturated heterocycles. The molecule has 6 rings (SSSR count). The van der Waals surface area contributed by atoms with Gasteiger partial charge >= 0.3 is 0 Å². The lowest BCUT2D eigenvalue weighted by Crippen LogP contribution is -2.33. The maximum atomic E-state index is 13.4. The van der Waals surface area contributed by atoms with E-state index in [0.29, 0.717) is 24.8 Å². The van der Waals surface area contributed by atoms with Gasteiger partial charge in [-0.2, -0.15) is 0 Å². The van der Waals surface area contributed by atoms with E-state index in [1.54, 1.807) is 12.1 Å². The van der Waals surface area contributed by atoms with E-state index >= 15 is 0 Å². The zero-order chi connectivity index (χ0) is 30.6. The van der Waals surface area contributed by atoms with Gasteiger partial charge in [-0.3, -0.25) is 0 Å². The number of ether oxygens (including phenoxy) is 1. The molecular weight excluding hydrogens is 577 g/mol. The normalized spacial score (nSPS) is 24.4. The minimum Gasteiger partial charge on any atom is -0.508 e. The van der Waals surface area contributed by atoms with Crippen LogP contribution in [-0.2, 0) is 4.74 Å². The maximum Gasteiger partial charge on any atom is 0.123 e. The number of nitrogens with zero attached hydrogens (tertiary/aromatic N) is 1. The number of phenolic OH excluding ortho intramolecular Hbond substituents is 1. The van der Waals surface area contributed by atoms with Crippen LogP contribution >= 0.6 is 11.8 Å². The highest BCUT2D eigenvalue weighted by Crippen LogP contribution is 2.48. The molecule has 6 unspecified atom stereocenters. The summed E-state index contributed by atoms with van der Waals surface area (Å²) in [7, 11) is 0. The number of aliphatic hydroxyl groups is 3. The van der Waals surface area contributed by atoms with Crippen LogP contribution in [0.3, 0.4) is 0 Å². The number of anilines is 1. The van der Waals surface area contributed by atoms with E-state index in [4.69, 9.17) is 4.74 Å². The van der Waals surface area contributed by atoms with E-state index < -0.39 is 12.2 Å². The molecule has 4 N–H and O–H groups in total. The zero-order valence-electron chi connectivity index (χ0n) is 24.4. The van der Waals surface area contributed by atoms with Crippen molar-refractivity contribution in [3.05, 3.63) is 120 Å². The van der Waals surface area contributed by atoms with Crippen LogP contribution in [0.15, 0.2) is 97.1 Å². The van der Waals surface area contributed by atoms with Gasteiger partial charge in [0.05, 0.1) is 42.9 Å². The number of benzene rings is 4. The number of phenols is 1. The molecule has 6 nitrogen and oxygen atoms in total. The van der Waals surface area contributed by atoms with Crippen molar-refractivity contribution in [2.75, 3.05) is 17.4 Å². The number of rotatable bonds is 9. The van der Waals surface area contributed by atoms with Crippen molar-refractivity contribution in [1.82, 2.24) is 0 Å². The van der Waals surface area contributed by atoms with Crippen LogP contribution in [0.4, 0.5) is 10.1 Å². The summed E-state index contributed by atoms with van der Waals surface area (Å²) in [6, 6.07) is 29.8. The second-order valence-electron chi connectivity index (χ2n) is 11.7. The molecule has 4 aromatic carbocycles. The molecule has 2 fully saturated rings. The van der Waals surface area contributed by atoms with Crippen molar-refractivity contribution in [3.63, 3.8) is 0 Å². The van der Waals surface area contributed by atoms with Crippen LogP contribution < -0.4 is 4.90 Å². The van der Waals surface area contributed by atoms with Crippen molar-refractivity contribution >= 4 is 17.4 Å². The summed E-state index contributed by atoms with van der Waals surface area (Å²) in [4.78, 5) is 2.31. The average Bonchev–Trinajstić information content (AvgIpc) is 3.47. The molecule has 0 amide bonds. The fourth-order valence-corrected chi connectivity index (χ4v) is 7.81. The van der Waals surface area contributed by atoms with Crippen LogP contribution in [-0.4, -0.2) is 50.4 Å². The molecule has 44 heavy (non-hydrogen) atoms. The molecule has 0 radical (unpaired) electrons. The third-order valence-corrected chi connectivity index (χ3v) is 10.1. The molecule has 0 aromatic heterocycles. The SMILES string of the molecule is OCC1CC(O)CC(c2ccc(-c3ccc(C4C(CCC(O)c5ccc(F)cc5)SCN4c4ccccc4)c(O)c3)cc2)O1. The predicted octanol–water partition coefficient (Wildman–Crippen LogP) is 6.91. The summed E-state index contributed by atoms with van der Waals surface area (Å²) in [5.41, 5.74) is 5.38. The quantitative estimate of drug-likeness (QED) is 0.163. The fourth-order valence-electron chi connectivity index (χ4n) is 6.37. The summed E-state index contributed by atoms with van der Waals surface area (Å²) in [6.07, 6.45) is 0.324. The Balaban J connectivity index is 1.22. The summed E-state index contributed by atoms with van der Waals surface area (Å²) >= 11 is 1.81. The van der Waals surface area contributed by atoms with Crippen molar-refractivity contribution in [2.24, 2.45) is 0 Å². The Morgan fingerprint density at radius 1 is 0.909 bits per heavy atom. The molecule has 2 aliphatic rings. The van der Waals surface area contributed by atoms with Gasteiger partial charge in [0, 0.05) is 29.3 Å². The van der Waals surface area contributed by atoms with Crippen LogP contribution in [0.1, 0.15) is 60.6 Å². The molecule has 4 aromatic rings. The molecule has 0 spiro atoms. The van der Waals surface area contributed by atoms with E-state index in [2.05, 4.69) is 17.0 Å². The molecule has 0 aliphatic carbocycles. The lowest BCUT2D eigenvalue weighted by molar-refractivity contribution is -0.113. The first-order valence-electron chi connectivity index (χ1n) is 15.1. The smallest absolute Gasteiger partial charge is 0.123 e. The molecule has 2 aliphatic heterocycles. The van der Waals surface area contributed by atoms with Gasteiger partial charge in [-0.15, -0.1) is 11.8 Å². The average molecular weight is 616 g/mol. The molecular formula is C36H38FNO5S. The van der Waals surface area contributed by atoms with Crippen LogP contribution in [0.25, 0.3) is 11.1 Å². The Morgan fingerprint density at radius 3 is 2.34 bits per heavy atom. The van der Waals surface area contributed by atoms with Crippen molar-refractivity contribution in [1.29, 1.82) is 0 Å². The van der Waals surface area contributed by atoms with E-state index in [-0.39, 0.29) is 41.7 Å². The van der Waals surface area contributed by atoms with Crippen molar-refractivity contribution < 1.29 is 29.6 Å². The maximum absolute atomic E-state index is 13.4. The number of aliphatic hydroxyl groups excluding tert-OH is 3. The summed E-state index contributed by atoms with van der Waals surface area (Å²) < 4.78 is 19.4. The van der Waals surface area contributed by atoms with Gasteiger partial charge in [0.25, 0.3) is 0 Å². The molecule has 8 heteroatoms. The topological polar surface area (TPSA) is 93.4 Å². The predicted molar refractivity (Wildman–Crippen MR) is 172 cm³/mol. The van der Waals surface area contributed by atoms with Gasteiger partial charge in [-0.25, -0.2) is 4.39 Å². The van der Waals surface area contributed by atoms with Gasteiger partial charge in [0.1, 0.15) is 11.6 Å². The molecule has 6 atom stereocenters. The van der Waals surface area contributed by atoms with E-state index in [9.17, 15) is 24.8 Å². The number of thioether (sulfide) groups is 1. The van der Waals surface area contributed by atoms with E-state index in [1.807, 2.05) is 72.4 Å². The minimum atomic E-state index is -0.696. The Hall–Kier alpha value is -3.40. The number of hydrogen-bond acceptors (Lipinski definition) is 7. The molecule has 0 saturated carbocycles. The standard InChI is InChI=1S/C36H38FNO5S/c37-27-13-10-24(11-14-27)32(41)16-17-35-36(38(22-44-35)28-4-2-1-3-5-28)31-15-12-26(18-33(31)42)23-6-8-25(9-7-23)34-20-29(40)19-30(21-39)43-34/h1-15,18,29-30,32,34-36,39-42H,16-17,19-22H2. The molecule has 230 valence electrons. The monoisotopic (exact) mass is 615 g/mol. The third-order valence-electron chi connectivity index (χ3n) is 8.73. The van der Waals surface area contributed by atoms with Crippen LogP contribution in [0, 0.1) is 5.82 Å². The Kier molecular flexibility index (Phi) is 9.54. The zero-order valence-corrected chi connectivity index (χ0v) is 25.2. The van der Waals surface area contributed by atoms with Crippen LogP contribution in [0.5, 0.6) is 5.75 Å². The highest BCUT2D eigenvalue weighted by molar-refractivity contribution is 8.00. The fraction of sp³-hybridized carbons (Fsp3) is 0.333. The van der Waals surface area contributed by atoms with Gasteiger partial charge in [-0.05, 0) is 65.4 Å². The highest BCUT2D eigenvalue weighted by Gasteiger charge is 2.38. The van der Waals surface area contributed by atoms with Gasteiger partial charge in [0.15, 0.2) is 0 Å². The largest absolute Gasteiger partial charge is 0.508 e. The highest BCUT2D eigenvalue weighted by atomic mass is 32.2. The number of hydrogen-bond donors (Lipinski definition) is 4.